The van der Waals surface area contributed by atoms with Gasteiger partial charge < -0.3 is 5.32 Å². The van der Waals surface area contributed by atoms with Crippen LogP contribution >= 0.6 is 24.0 Å². The summed E-state index contributed by atoms with van der Waals surface area (Å²) >= 11 is 6.07. The normalized spacial score (nSPS) is 20.2. The minimum absolute atomic E-state index is 0. The molecule has 0 amide bonds. The van der Waals surface area contributed by atoms with E-state index in [1.165, 1.54) is 0 Å². The van der Waals surface area contributed by atoms with Crippen LogP contribution in [0.3, 0.4) is 0 Å². The fourth-order valence-electron chi connectivity index (χ4n) is 3.58. The van der Waals surface area contributed by atoms with Gasteiger partial charge in [-0.25, -0.2) is 19.0 Å². The predicted octanol–water partition coefficient (Wildman–Crippen LogP) is 3.92. The second-order valence-corrected chi connectivity index (χ2v) is 6.92. The standard InChI is InChI=1S/C18H19ClFN5.ClH/c1-10-5-12-8-22-25(18-7-17(19)23-11(2)24-18)16(12)6-14(10)13-3-4-21-9-15(13)20;/h5-8,13,15,21H,3-4,9H2,1-2H3;1H. The molecule has 1 aliphatic rings. The van der Waals surface area contributed by atoms with Gasteiger partial charge in [-0.1, -0.05) is 11.6 Å². The molecule has 0 aliphatic carbocycles. The molecule has 2 aromatic heterocycles. The van der Waals surface area contributed by atoms with Gasteiger partial charge in [0.05, 0.1) is 11.7 Å². The molecule has 0 radical (unpaired) electrons. The van der Waals surface area contributed by atoms with E-state index in [0.717, 1.165) is 35.0 Å². The molecule has 4 rings (SSSR count). The smallest absolute Gasteiger partial charge is 0.159 e. The molecule has 5 nitrogen and oxygen atoms in total. The van der Waals surface area contributed by atoms with E-state index in [4.69, 9.17) is 11.6 Å². The van der Waals surface area contributed by atoms with Crippen LogP contribution in [0.1, 0.15) is 29.3 Å². The topological polar surface area (TPSA) is 55.6 Å². The minimum atomic E-state index is -0.878. The molecule has 2 unspecified atom stereocenters. The zero-order valence-electron chi connectivity index (χ0n) is 14.5. The molecule has 138 valence electrons. The fraction of sp³-hybridized carbons (Fsp3) is 0.389. The third-order valence-corrected chi connectivity index (χ3v) is 4.97. The van der Waals surface area contributed by atoms with E-state index in [1.807, 2.05) is 13.0 Å². The molecule has 0 spiro atoms. The second-order valence-electron chi connectivity index (χ2n) is 6.54. The maximum absolute atomic E-state index is 14.4. The third-order valence-electron chi connectivity index (χ3n) is 4.77. The Bertz CT molecular complexity index is 922. The number of aromatic nitrogens is 4. The molecule has 8 heteroatoms. The number of hydrogen-bond acceptors (Lipinski definition) is 4. The van der Waals surface area contributed by atoms with Crippen LogP contribution in [-0.2, 0) is 0 Å². The molecule has 0 saturated carbocycles. The summed E-state index contributed by atoms with van der Waals surface area (Å²) in [5, 5.41) is 8.94. The molecular weight excluding hydrogens is 376 g/mol. The van der Waals surface area contributed by atoms with Crippen molar-refractivity contribution in [3.63, 3.8) is 0 Å². The Hall–Kier alpha value is -1.76. The summed E-state index contributed by atoms with van der Waals surface area (Å²) in [6, 6.07) is 5.80. The monoisotopic (exact) mass is 395 g/mol. The molecule has 26 heavy (non-hydrogen) atoms. The van der Waals surface area contributed by atoms with Crippen LogP contribution in [0.5, 0.6) is 0 Å². The molecule has 2 atom stereocenters. The lowest BCUT2D eigenvalue weighted by atomic mass is 9.85. The number of alkyl halides is 1. The second kappa shape index (κ2) is 7.47. The van der Waals surface area contributed by atoms with Gasteiger partial charge >= 0.3 is 0 Å². The van der Waals surface area contributed by atoms with E-state index >= 15 is 0 Å². The minimum Gasteiger partial charge on any atom is -0.314 e. The Morgan fingerprint density at radius 1 is 1.23 bits per heavy atom. The van der Waals surface area contributed by atoms with Crippen molar-refractivity contribution in [2.24, 2.45) is 0 Å². The van der Waals surface area contributed by atoms with E-state index in [9.17, 15) is 4.39 Å². The van der Waals surface area contributed by atoms with Crippen molar-refractivity contribution in [2.45, 2.75) is 32.4 Å². The SMILES string of the molecule is Cc1nc(Cl)cc(-n2ncc3cc(C)c(C4CCNCC4F)cc32)n1.Cl. The number of halogens is 3. The van der Waals surface area contributed by atoms with Crippen LogP contribution in [0.25, 0.3) is 16.7 Å². The highest BCUT2D eigenvalue weighted by molar-refractivity contribution is 6.29. The first-order valence-corrected chi connectivity index (χ1v) is 8.75. The Morgan fingerprint density at radius 3 is 2.77 bits per heavy atom. The molecule has 0 bridgehead atoms. The zero-order valence-corrected chi connectivity index (χ0v) is 16.1. The van der Waals surface area contributed by atoms with Crippen LogP contribution in [-0.4, -0.2) is 39.0 Å². The Kier molecular flexibility index (Phi) is 5.46. The van der Waals surface area contributed by atoms with Crippen molar-refractivity contribution in [3.8, 4) is 5.82 Å². The molecule has 1 fully saturated rings. The molecule has 3 heterocycles. The summed E-state index contributed by atoms with van der Waals surface area (Å²) < 4.78 is 16.2. The first kappa shape index (κ1) is 19.0. The average molecular weight is 396 g/mol. The van der Waals surface area contributed by atoms with Gasteiger partial charge in [-0.15, -0.1) is 12.4 Å². The van der Waals surface area contributed by atoms with E-state index in [-0.39, 0.29) is 18.3 Å². The first-order valence-electron chi connectivity index (χ1n) is 8.37. The van der Waals surface area contributed by atoms with E-state index in [2.05, 4.69) is 26.4 Å². The van der Waals surface area contributed by atoms with Gasteiger partial charge in [0.1, 0.15) is 17.1 Å². The van der Waals surface area contributed by atoms with Crippen molar-refractivity contribution in [2.75, 3.05) is 13.1 Å². The summed E-state index contributed by atoms with van der Waals surface area (Å²) in [6.45, 7) is 5.07. The highest BCUT2D eigenvalue weighted by Crippen LogP contribution is 2.33. The van der Waals surface area contributed by atoms with E-state index in [1.54, 1.807) is 23.9 Å². The number of fused-ring (bicyclic) bond motifs is 1. The van der Waals surface area contributed by atoms with Crippen LogP contribution in [0.2, 0.25) is 5.15 Å². The number of hydrogen-bond donors (Lipinski definition) is 1. The number of rotatable bonds is 2. The highest BCUT2D eigenvalue weighted by atomic mass is 35.5. The summed E-state index contributed by atoms with van der Waals surface area (Å²) in [6.07, 6.45) is 1.71. The maximum Gasteiger partial charge on any atom is 0.159 e. The molecule has 1 N–H and O–H groups in total. The van der Waals surface area contributed by atoms with Gasteiger partial charge in [0, 0.05) is 23.9 Å². The summed E-state index contributed by atoms with van der Waals surface area (Å²) in [4.78, 5) is 8.52. The molecular formula is C18H20Cl2FN5. The number of benzene rings is 1. The molecule has 1 aromatic carbocycles. The van der Waals surface area contributed by atoms with Gasteiger partial charge in [0.2, 0.25) is 0 Å². The van der Waals surface area contributed by atoms with Gasteiger partial charge in [-0.05, 0) is 50.1 Å². The maximum atomic E-state index is 14.4. The Labute approximate surface area is 162 Å². The summed E-state index contributed by atoms with van der Waals surface area (Å²) in [5.41, 5.74) is 3.04. The van der Waals surface area contributed by atoms with Crippen molar-refractivity contribution >= 4 is 34.9 Å². The van der Waals surface area contributed by atoms with Crippen LogP contribution in [0.15, 0.2) is 24.4 Å². The van der Waals surface area contributed by atoms with E-state index < -0.39 is 6.17 Å². The average Bonchev–Trinajstić information content (AvgIpc) is 2.96. The quantitative estimate of drug-likeness (QED) is 0.668. The lowest BCUT2D eigenvalue weighted by Crippen LogP contribution is -2.36. The van der Waals surface area contributed by atoms with E-state index in [0.29, 0.717) is 23.3 Å². The Morgan fingerprint density at radius 2 is 2.04 bits per heavy atom. The number of nitrogens with one attached hydrogen (secondary N) is 1. The lowest BCUT2D eigenvalue weighted by Gasteiger charge is -2.28. The predicted molar refractivity (Wildman–Crippen MR) is 104 cm³/mol. The van der Waals surface area contributed by atoms with Crippen LogP contribution in [0.4, 0.5) is 4.39 Å². The Balaban J connectivity index is 0.00000196. The van der Waals surface area contributed by atoms with Crippen molar-refractivity contribution in [1.82, 2.24) is 25.1 Å². The van der Waals surface area contributed by atoms with Crippen molar-refractivity contribution in [3.05, 3.63) is 46.5 Å². The van der Waals surface area contributed by atoms with Gasteiger partial charge in [-0.2, -0.15) is 5.10 Å². The summed E-state index contributed by atoms with van der Waals surface area (Å²) in [7, 11) is 0. The largest absolute Gasteiger partial charge is 0.314 e. The lowest BCUT2D eigenvalue weighted by molar-refractivity contribution is 0.231. The van der Waals surface area contributed by atoms with Crippen LogP contribution in [0, 0.1) is 13.8 Å². The molecule has 3 aromatic rings. The third kappa shape index (κ3) is 3.41. The molecule has 1 aliphatic heterocycles. The zero-order chi connectivity index (χ0) is 17.6. The summed E-state index contributed by atoms with van der Waals surface area (Å²) in [5.74, 6) is 1.11. The van der Waals surface area contributed by atoms with Crippen molar-refractivity contribution in [1.29, 1.82) is 0 Å². The first-order chi connectivity index (χ1) is 12.0. The van der Waals surface area contributed by atoms with Gasteiger partial charge in [0.15, 0.2) is 5.82 Å². The van der Waals surface area contributed by atoms with Crippen LogP contribution < -0.4 is 5.32 Å². The highest BCUT2D eigenvalue weighted by Gasteiger charge is 2.28. The van der Waals surface area contributed by atoms with Crippen molar-refractivity contribution < 1.29 is 4.39 Å². The number of piperidine rings is 1. The fourth-order valence-corrected chi connectivity index (χ4v) is 3.80. The van der Waals surface area contributed by atoms with Gasteiger partial charge in [0.25, 0.3) is 0 Å². The molecule has 1 saturated heterocycles. The van der Waals surface area contributed by atoms with Gasteiger partial charge in [-0.3, -0.25) is 0 Å². The number of aryl methyl sites for hydroxylation is 2. The number of nitrogens with zero attached hydrogens (tertiary/aromatic N) is 4.